The second kappa shape index (κ2) is 12.3. The summed E-state index contributed by atoms with van der Waals surface area (Å²) in [6, 6.07) is 0. The van der Waals surface area contributed by atoms with Gasteiger partial charge in [0.05, 0.1) is 0 Å². The predicted molar refractivity (Wildman–Crippen MR) is 134 cm³/mol. The van der Waals surface area contributed by atoms with Crippen molar-refractivity contribution in [2.45, 2.75) is 137 Å². The number of fused-ring (bicyclic) bond motifs is 1. The summed E-state index contributed by atoms with van der Waals surface area (Å²) in [4.78, 5) is 0. The first-order valence-corrected chi connectivity index (χ1v) is 14.6. The number of rotatable bonds is 5. The molecule has 0 heterocycles. The van der Waals surface area contributed by atoms with Crippen LogP contribution in [-0.4, -0.2) is 0 Å². The van der Waals surface area contributed by atoms with Crippen molar-refractivity contribution in [2.75, 3.05) is 0 Å². The van der Waals surface area contributed by atoms with Gasteiger partial charge in [-0.1, -0.05) is 105 Å². The molecule has 4 aliphatic carbocycles. The SMILES string of the molecule is CCC1CCCC(C)C1.CCCC1C(C)CC2CCCC2C1C1CCC(CC)CC1. The summed E-state index contributed by atoms with van der Waals surface area (Å²) in [6.07, 6.45) is 24.2. The highest BCUT2D eigenvalue weighted by molar-refractivity contribution is 4.97. The topological polar surface area (TPSA) is 0 Å². The fraction of sp³-hybridized carbons (Fsp3) is 1.00. The monoisotopic (exact) mass is 416 g/mol. The fourth-order valence-corrected chi connectivity index (χ4v) is 8.64. The molecule has 0 spiro atoms. The van der Waals surface area contributed by atoms with Crippen LogP contribution in [-0.2, 0) is 0 Å². The summed E-state index contributed by atoms with van der Waals surface area (Å²) in [5, 5.41) is 0. The van der Waals surface area contributed by atoms with E-state index in [0.717, 1.165) is 53.3 Å². The van der Waals surface area contributed by atoms with Crippen molar-refractivity contribution in [1.29, 1.82) is 0 Å². The van der Waals surface area contributed by atoms with E-state index in [9.17, 15) is 0 Å². The van der Waals surface area contributed by atoms with Gasteiger partial charge in [-0.05, 0) is 85.4 Å². The molecule has 4 rings (SSSR count). The molecule has 0 aromatic rings. The highest BCUT2D eigenvalue weighted by atomic mass is 14.5. The zero-order valence-electron chi connectivity index (χ0n) is 21.5. The zero-order valence-corrected chi connectivity index (χ0v) is 21.5. The standard InChI is InChI=1S/C21H38.C9H18/c1-4-7-19-15(3)14-18-8-6-9-20(18)21(19)17-12-10-16(5-2)11-13-17;1-3-9-6-4-5-8(2)7-9/h15-21H,4-14H2,1-3H3;8-9H,3-7H2,1-2H3. The molecular weight excluding hydrogens is 360 g/mol. The zero-order chi connectivity index (χ0) is 21.5. The maximum atomic E-state index is 2.60. The van der Waals surface area contributed by atoms with Crippen LogP contribution < -0.4 is 0 Å². The van der Waals surface area contributed by atoms with Crippen molar-refractivity contribution in [3.05, 3.63) is 0 Å². The molecule has 0 saturated heterocycles. The second-order valence-electron chi connectivity index (χ2n) is 12.3. The van der Waals surface area contributed by atoms with E-state index < -0.39 is 0 Å². The van der Waals surface area contributed by atoms with Gasteiger partial charge in [-0.2, -0.15) is 0 Å². The molecule has 0 aromatic heterocycles. The van der Waals surface area contributed by atoms with Crippen LogP contribution in [0.4, 0.5) is 0 Å². The average Bonchev–Trinajstić information content (AvgIpc) is 3.23. The quantitative estimate of drug-likeness (QED) is 0.418. The Kier molecular flexibility index (Phi) is 10.1. The van der Waals surface area contributed by atoms with Crippen LogP contribution in [0, 0.1) is 53.3 Å². The van der Waals surface area contributed by atoms with Crippen molar-refractivity contribution < 1.29 is 0 Å². The smallest absolute Gasteiger partial charge is 0.0324 e. The minimum atomic E-state index is 1.01. The summed E-state index contributed by atoms with van der Waals surface area (Å²) < 4.78 is 0. The van der Waals surface area contributed by atoms with E-state index >= 15 is 0 Å². The molecule has 0 aliphatic heterocycles. The van der Waals surface area contributed by atoms with E-state index in [1.807, 2.05) is 0 Å². The van der Waals surface area contributed by atoms with Gasteiger partial charge in [-0.15, -0.1) is 0 Å². The van der Waals surface area contributed by atoms with Gasteiger partial charge in [0.1, 0.15) is 0 Å². The molecular formula is C30H56. The molecule has 0 N–H and O–H groups in total. The molecule has 7 unspecified atom stereocenters. The van der Waals surface area contributed by atoms with E-state index in [2.05, 4.69) is 34.6 Å². The predicted octanol–water partition coefficient (Wildman–Crippen LogP) is 9.91. The van der Waals surface area contributed by atoms with Crippen LogP contribution in [0.2, 0.25) is 0 Å². The average molecular weight is 417 g/mol. The Bertz CT molecular complexity index is 459. The van der Waals surface area contributed by atoms with E-state index in [1.54, 1.807) is 51.4 Å². The van der Waals surface area contributed by atoms with Crippen molar-refractivity contribution in [1.82, 2.24) is 0 Å². The summed E-state index contributed by atoms with van der Waals surface area (Å²) in [5.41, 5.74) is 0. The van der Waals surface area contributed by atoms with Gasteiger partial charge in [0.15, 0.2) is 0 Å². The van der Waals surface area contributed by atoms with Crippen molar-refractivity contribution in [3.8, 4) is 0 Å². The van der Waals surface area contributed by atoms with Crippen molar-refractivity contribution in [3.63, 3.8) is 0 Å². The Morgan fingerprint density at radius 3 is 1.93 bits per heavy atom. The van der Waals surface area contributed by atoms with Gasteiger partial charge >= 0.3 is 0 Å². The van der Waals surface area contributed by atoms with Gasteiger partial charge in [-0.3, -0.25) is 0 Å². The molecule has 0 amide bonds. The van der Waals surface area contributed by atoms with Gasteiger partial charge in [0.25, 0.3) is 0 Å². The van der Waals surface area contributed by atoms with Gasteiger partial charge in [0.2, 0.25) is 0 Å². The van der Waals surface area contributed by atoms with Gasteiger partial charge in [-0.25, -0.2) is 0 Å². The molecule has 4 fully saturated rings. The summed E-state index contributed by atoms with van der Waals surface area (Å²) in [6.45, 7) is 12.1. The molecule has 4 aliphatic rings. The minimum Gasteiger partial charge on any atom is -0.0654 e. The minimum absolute atomic E-state index is 1.01. The van der Waals surface area contributed by atoms with E-state index in [1.165, 1.54) is 51.4 Å². The Morgan fingerprint density at radius 2 is 1.33 bits per heavy atom. The highest BCUT2D eigenvalue weighted by Gasteiger charge is 2.47. The second-order valence-corrected chi connectivity index (χ2v) is 12.3. The molecule has 0 bridgehead atoms. The normalized spacial score (nSPS) is 44.1. The Morgan fingerprint density at radius 1 is 0.633 bits per heavy atom. The lowest BCUT2D eigenvalue weighted by Crippen LogP contribution is -2.42. The van der Waals surface area contributed by atoms with Crippen LogP contribution in [0.5, 0.6) is 0 Å². The third kappa shape index (κ3) is 6.28. The first kappa shape index (κ1) is 24.6. The molecule has 176 valence electrons. The summed E-state index contributed by atoms with van der Waals surface area (Å²) in [5.74, 6) is 9.67. The molecule has 30 heavy (non-hydrogen) atoms. The molecule has 0 radical (unpaired) electrons. The largest absolute Gasteiger partial charge is 0.0654 e. The first-order valence-electron chi connectivity index (χ1n) is 14.6. The van der Waals surface area contributed by atoms with Crippen LogP contribution in [0.15, 0.2) is 0 Å². The van der Waals surface area contributed by atoms with Gasteiger partial charge < -0.3 is 0 Å². The maximum absolute atomic E-state index is 2.60. The molecule has 0 heteroatoms. The molecule has 4 saturated carbocycles. The molecule has 0 nitrogen and oxygen atoms in total. The molecule has 0 aromatic carbocycles. The number of hydrogen-bond donors (Lipinski definition) is 0. The summed E-state index contributed by atoms with van der Waals surface area (Å²) >= 11 is 0. The maximum Gasteiger partial charge on any atom is -0.0324 e. The van der Waals surface area contributed by atoms with Crippen molar-refractivity contribution >= 4 is 0 Å². The van der Waals surface area contributed by atoms with Crippen LogP contribution >= 0.6 is 0 Å². The van der Waals surface area contributed by atoms with Crippen LogP contribution in [0.25, 0.3) is 0 Å². The highest BCUT2D eigenvalue weighted by Crippen LogP contribution is 2.56. The lowest BCUT2D eigenvalue weighted by atomic mass is 9.56. The lowest BCUT2D eigenvalue weighted by Gasteiger charge is -2.49. The molecule has 7 atom stereocenters. The number of hydrogen-bond acceptors (Lipinski definition) is 0. The fourth-order valence-electron chi connectivity index (χ4n) is 8.64. The summed E-state index contributed by atoms with van der Waals surface area (Å²) in [7, 11) is 0. The Hall–Kier alpha value is 0. The van der Waals surface area contributed by atoms with Crippen LogP contribution in [0.1, 0.15) is 137 Å². The Balaban J connectivity index is 0.000000239. The first-order chi connectivity index (χ1) is 14.6. The third-order valence-electron chi connectivity index (χ3n) is 10.4. The van der Waals surface area contributed by atoms with E-state index in [-0.39, 0.29) is 0 Å². The van der Waals surface area contributed by atoms with E-state index in [0.29, 0.717) is 0 Å². The third-order valence-corrected chi connectivity index (χ3v) is 10.4. The Labute approximate surface area is 190 Å². The lowest BCUT2D eigenvalue weighted by molar-refractivity contribution is -0.00196. The van der Waals surface area contributed by atoms with Crippen LogP contribution in [0.3, 0.4) is 0 Å². The van der Waals surface area contributed by atoms with Gasteiger partial charge in [0, 0.05) is 0 Å². The van der Waals surface area contributed by atoms with Crippen molar-refractivity contribution in [2.24, 2.45) is 53.3 Å². The van der Waals surface area contributed by atoms with E-state index in [4.69, 9.17) is 0 Å².